The largest absolute Gasteiger partial charge is 0.265 e. The topological polar surface area (TPSA) is 72.0 Å². The first-order valence-corrected chi connectivity index (χ1v) is 7.70. The maximum absolute atomic E-state index is 11.9. The van der Waals surface area contributed by atoms with E-state index in [0.717, 1.165) is 3.79 Å². The van der Waals surface area contributed by atoms with Gasteiger partial charge in [0.15, 0.2) is 5.13 Å². The number of anilines is 1. The van der Waals surface area contributed by atoms with Crippen LogP contribution in [0.15, 0.2) is 33.2 Å². The molecule has 0 aliphatic heterocycles. The Morgan fingerprint density at radius 3 is 2.59 bits per heavy atom. The van der Waals surface area contributed by atoms with Crippen molar-refractivity contribution in [2.24, 2.45) is 0 Å². The van der Waals surface area contributed by atoms with Gasteiger partial charge in [0.05, 0.1) is 9.98 Å². The smallest absolute Gasteiger partial charge is 0.255 e. The summed E-state index contributed by atoms with van der Waals surface area (Å²) in [5, 5.41) is 0.521. The van der Waals surface area contributed by atoms with Gasteiger partial charge < -0.3 is 0 Å². The van der Waals surface area contributed by atoms with Crippen LogP contribution in [0.4, 0.5) is 5.13 Å². The molecule has 2 aromatic heterocycles. The number of nitrogens with one attached hydrogen (secondary N) is 1. The van der Waals surface area contributed by atoms with Gasteiger partial charge in [0, 0.05) is 6.20 Å². The highest BCUT2D eigenvalue weighted by atomic mass is 79.9. The van der Waals surface area contributed by atoms with Crippen LogP contribution in [-0.4, -0.2) is 18.4 Å². The van der Waals surface area contributed by atoms with Gasteiger partial charge in [-0.1, -0.05) is 22.9 Å². The monoisotopic (exact) mass is 353 g/mol. The van der Waals surface area contributed by atoms with Crippen molar-refractivity contribution in [1.82, 2.24) is 9.97 Å². The van der Waals surface area contributed by atoms with Gasteiger partial charge in [0.1, 0.15) is 10.0 Å². The maximum Gasteiger partial charge on any atom is 0.265 e. The Morgan fingerprint density at radius 2 is 2.06 bits per heavy atom. The van der Waals surface area contributed by atoms with E-state index in [1.54, 1.807) is 0 Å². The van der Waals surface area contributed by atoms with Gasteiger partial charge in [-0.05, 0) is 28.1 Å². The highest BCUT2D eigenvalue weighted by Crippen LogP contribution is 2.25. The second-order valence-electron chi connectivity index (χ2n) is 2.89. The van der Waals surface area contributed by atoms with Crippen molar-refractivity contribution in [2.45, 2.75) is 4.90 Å². The summed E-state index contributed by atoms with van der Waals surface area (Å²) in [4.78, 5) is 7.63. The predicted molar refractivity (Wildman–Crippen MR) is 69.9 cm³/mol. The molecule has 1 N–H and O–H groups in total. The van der Waals surface area contributed by atoms with E-state index in [-0.39, 0.29) is 15.2 Å². The minimum atomic E-state index is -3.66. The molecule has 2 rings (SSSR count). The number of nitrogens with zero attached hydrogens (tertiary/aromatic N) is 2. The molecule has 0 fully saturated rings. The number of hydrogen-bond donors (Lipinski definition) is 1. The van der Waals surface area contributed by atoms with Crippen molar-refractivity contribution in [3.63, 3.8) is 0 Å². The van der Waals surface area contributed by atoms with E-state index in [0.29, 0.717) is 0 Å². The van der Waals surface area contributed by atoms with Crippen molar-refractivity contribution >= 4 is 54.0 Å². The number of hydrogen-bond acceptors (Lipinski definition) is 5. The first kappa shape index (κ1) is 12.7. The van der Waals surface area contributed by atoms with Crippen molar-refractivity contribution in [3.8, 4) is 0 Å². The van der Waals surface area contributed by atoms with E-state index in [1.165, 1.54) is 35.9 Å². The van der Waals surface area contributed by atoms with Crippen LogP contribution in [0.1, 0.15) is 0 Å². The molecule has 0 aromatic carbocycles. The van der Waals surface area contributed by atoms with E-state index in [9.17, 15) is 8.42 Å². The Morgan fingerprint density at radius 1 is 1.29 bits per heavy atom. The average Bonchev–Trinajstić information content (AvgIpc) is 2.63. The number of rotatable bonds is 3. The fourth-order valence-electron chi connectivity index (χ4n) is 0.997. The van der Waals surface area contributed by atoms with Gasteiger partial charge in [-0.2, -0.15) is 0 Å². The maximum atomic E-state index is 11.9. The van der Waals surface area contributed by atoms with Crippen LogP contribution in [0.5, 0.6) is 0 Å². The average molecular weight is 355 g/mol. The molecule has 0 bridgehead atoms. The quantitative estimate of drug-likeness (QED) is 0.860. The summed E-state index contributed by atoms with van der Waals surface area (Å²) in [7, 11) is -3.66. The minimum Gasteiger partial charge on any atom is -0.255 e. The van der Waals surface area contributed by atoms with E-state index < -0.39 is 10.0 Å². The molecular weight excluding hydrogens is 350 g/mol. The molecule has 0 aliphatic carbocycles. The van der Waals surface area contributed by atoms with Crippen molar-refractivity contribution < 1.29 is 8.42 Å². The summed E-state index contributed by atoms with van der Waals surface area (Å²) in [6, 6.07) is 2.79. The van der Waals surface area contributed by atoms with E-state index in [2.05, 4.69) is 30.6 Å². The van der Waals surface area contributed by atoms with Crippen molar-refractivity contribution in [2.75, 3.05) is 4.72 Å². The molecule has 0 saturated heterocycles. The summed E-state index contributed by atoms with van der Waals surface area (Å²) in [5.74, 6) is 0. The van der Waals surface area contributed by atoms with Crippen LogP contribution in [0.25, 0.3) is 0 Å². The summed E-state index contributed by atoms with van der Waals surface area (Å²) in [6.45, 7) is 0. The number of aromatic nitrogens is 2. The van der Waals surface area contributed by atoms with Gasteiger partial charge in [-0.25, -0.2) is 18.4 Å². The third-order valence-electron chi connectivity index (χ3n) is 1.71. The summed E-state index contributed by atoms with van der Waals surface area (Å²) < 4.78 is 26.8. The number of sulfonamides is 1. The predicted octanol–water partition coefficient (Wildman–Crippen LogP) is 2.75. The Bertz CT molecular complexity index is 626. The Hall–Kier alpha value is -0.700. The lowest BCUT2D eigenvalue weighted by molar-refractivity contribution is 0.601. The fraction of sp³-hybridized carbons (Fsp3) is 0. The minimum absolute atomic E-state index is 0.0354. The lowest BCUT2D eigenvalue weighted by Gasteiger charge is -2.03. The molecule has 0 unspecified atom stereocenters. The number of pyridine rings is 1. The van der Waals surface area contributed by atoms with E-state index in [4.69, 9.17) is 11.6 Å². The van der Waals surface area contributed by atoms with E-state index >= 15 is 0 Å². The first-order valence-electron chi connectivity index (χ1n) is 4.23. The van der Waals surface area contributed by atoms with Gasteiger partial charge in [0.2, 0.25) is 0 Å². The fourth-order valence-corrected chi connectivity index (χ4v) is 3.40. The lowest BCUT2D eigenvalue weighted by Crippen LogP contribution is -2.12. The standard InChI is InChI=1S/C8H5BrClN3O2S2/c9-6-4-12-8(16-6)13-17(14,15)5-1-2-7(10)11-3-5/h1-4H,(H,12,13). The number of thiazole rings is 1. The molecule has 0 saturated carbocycles. The van der Waals surface area contributed by atoms with E-state index in [1.807, 2.05) is 0 Å². The zero-order valence-corrected chi connectivity index (χ0v) is 12.1. The van der Waals surface area contributed by atoms with Crippen LogP contribution in [0.3, 0.4) is 0 Å². The Balaban J connectivity index is 2.28. The summed E-state index contributed by atoms with van der Waals surface area (Å²) in [5.41, 5.74) is 0. The summed E-state index contributed by atoms with van der Waals surface area (Å²) in [6.07, 6.45) is 2.70. The molecule has 90 valence electrons. The highest BCUT2D eigenvalue weighted by molar-refractivity contribution is 9.11. The summed E-state index contributed by atoms with van der Waals surface area (Å²) >= 11 is 9.96. The van der Waals surface area contributed by atoms with Gasteiger partial charge in [-0.15, -0.1) is 0 Å². The molecule has 2 heterocycles. The molecule has 0 atom stereocenters. The number of halogens is 2. The Kier molecular flexibility index (Phi) is 3.67. The second-order valence-corrected chi connectivity index (χ2v) is 7.37. The van der Waals surface area contributed by atoms with Crippen LogP contribution in [-0.2, 0) is 10.0 Å². The molecule has 17 heavy (non-hydrogen) atoms. The third-order valence-corrected chi connectivity index (χ3v) is 4.78. The highest BCUT2D eigenvalue weighted by Gasteiger charge is 2.16. The van der Waals surface area contributed by atoms with Crippen LogP contribution in [0.2, 0.25) is 5.15 Å². The Labute approximate surface area is 115 Å². The molecule has 2 aromatic rings. The molecule has 0 aliphatic rings. The third kappa shape index (κ3) is 3.15. The van der Waals surface area contributed by atoms with Crippen LogP contribution >= 0.6 is 38.9 Å². The van der Waals surface area contributed by atoms with Crippen molar-refractivity contribution in [1.29, 1.82) is 0 Å². The van der Waals surface area contributed by atoms with Gasteiger partial charge >= 0.3 is 0 Å². The van der Waals surface area contributed by atoms with Crippen molar-refractivity contribution in [3.05, 3.63) is 33.5 Å². The molecule has 5 nitrogen and oxygen atoms in total. The van der Waals surface area contributed by atoms with Gasteiger partial charge in [0.25, 0.3) is 10.0 Å². The molecule has 9 heteroatoms. The first-order chi connectivity index (χ1) is 7.97. The molecule has 0 spiro atoms. The second kappa shape index (κ2) is 4.89. The zero-order valence-electron chi connectivity index (χ0n) is 8.09. The molecule has 0 radical (unpaired) electrons. The van der Waals surface area contributed by atoms with Crippen LogP contribution < -0.4 is 4.72 Å². The zero-order chi connectivity index (χ0) is 12.5. The van der Waals surface area contributed by atoms with Crippen LogP contribution in [0, 0.1) is 0 Å². The SMILES string of the molecule is O=S(=O)(Nc1ncc(Br)s1)c1ccc(Cl)nc1. The normalized spacial score (nSPS) is 11.4. The lowest BCUT2D eigenvalue weighted by atomic mass is 10.5. The van der Waals surface area contributed by atoms with Gasteiger partial charge in [-0.3, -0.25) is 4.72 Å². The molecular formula is C8H5BrClN3O2S2. The molecule has 0 amide bonds.